The highest BCUT2D eigenvalue weighted by molar-refractivity contribution is 5.62. The smallest absolute Gasteiger partial charge is 0.270 e. The molecule has 0 bridgehead atoms. The molecule has 1 N–H and O–H groups in total. The second-order valence-electron chi connectivity index (χ2n) is 4.98. The van der Waals surface area contributed by atoms with Crippen LogP contribution < -0.4 is 5.56 Å². The molecule has 0 aliphatic carbocycles. The van der Waals surface area contributed by atoms with E-state index < -0.39 is 0 Å². The minimum atomic E-state index is 0.116. The average molecular weight is 244 g/mol. The lowest BCUT2D eigenvalue weighted by Crippen LogP contribution is -2.18. The van der Waals surface area contributed by atoms with Crippen molar-refractivity contribution in [2.24, 2.45) is 5.92 Å². The van der Waals surface area contributed by atoms with Crippen molar-refractivity contribution in [1.29, 1.82) is 0 Å². The highest BCUT2D eigenvalue weighted by Crippen LogP contribution is 2.21. The summed E-state index contributed by atoms with van der Waals surface area (Å²) < 4.78 is 1.68. The molecule has 0 spiro atoms. The summed E-state index contributed by atoms with van der Waals surface area (Å²) in [6.45, 7) is 6.93. The van der Waals surface area contributed by atoms with E-state index in [2.05, 4.69) is 18.9 Å². The van der Waals surface area contributed by atoms with E-state index in [0.717, 1.165) is 23.2 Å². The van der Waals surface area contributed by atoms with Crippen LogP contribution in [0.1, 0.15) is 26.3 Å². The summed E-state index contributed by atoms with van der Waals surface area (Å²) in [5.41, 5.74) is 3.07. The molecular weight excluding hydrogens is 224 g/mol. The molecule has 1 heterocycles. The lowest BCUT2D eigenvalue weighted by molar-refractivity contribution is 0.623. The standard InChI is InChI=1S/C15H20N2O/c1-4-17-15(18)13(10-11(2)3)14(16-17)12-8-6-5-7-9-12/h5-9,11,16H,4,10H2,1-3H3. The van der Waals surface area contributed by atoms with Crippen LogP contribution in [-0.2, 0) is 13.0 Å². The SMILES string of the molecule is CCn1[nH]c(-c2ccccc2)c(CC(C)C)c1=O. The molecular formula is C15H20N2O. The zero-order chi connectivity index (χ0) is 13.1. The summed E-state index contributed by atoms with van der Waals surface area (Å²) in [6.07, 6.45) is 0.812. The van der Waals surface area contributed by atoms with Gasteiger partial charge in [0.05, 0.1) is 5.69 Å². The number of benzene rings is 1. The Labute approximate surface area is 107 Å². The third-order valence-corrected chi connectivity index (χ3v) is 3.04. The molecule has 2 rings (SSSR count). The molecule has 0 fully saturated rings. The van der Waals surface area contributed by atoms with Crippen LogP contribution in [0.2, 0.25) is 0 Å². The number of hydrogen-bond acceptors (Lipinski definition) is 1. The van der Waals surface area contributed by atoms with Crippen molar-refractivity contribution in [2.45, 2.75) is 33.7 Å². The summed E-state index contributed by atoms with van der Waals surface area (Å²) in [5.74, 6) is 0.473. The number of hydrogen-bond donors (Lipinski definition) is 1. The maximum atomic E-state index is 12.3. The lowest BCUT2D eigenvalue weighted by Gasteiger charge is -2.04. The molecule has 1 aromatic carbocycles. The van der Waals surface area contributed by atoms with Gasteiger partial charge >= 0.3 is 0 Å². The van der Waals surface area contributed by atoms with Crippen LogP contribution in [0.3, 0.4) is 0 Å². The monoisotopic (exact) mass is 244 g/mol. The Balaban J connectivity index is 2.56. The lowest BCUT2D eigenvalue weighted by atomic mass is 10.00. The molecule has 0 aliphatic heterocycles. The Morgan fingerprint density at radius 3 is 2.44 bits per heavy atom. The normalized spacial score (nSPS) is 11.1. The van der Waals surface area contributed by atoms with Gasteiger partial charge in [0.25, 0.3) is 5.56 Å². The van der Waals surface area contributed by atoms with Gasteiger partial charge in [0.15, 0.2) is 0 Å². The van der Waals surface area contributed by atoms with Crippen LogP contribution in [0.5, 0.6) is 0 Å². The van der Waals surface area contributed by atoms with E-state index in [1.54, 1.807) is 4.68 Å². The van der Waals surface area contributed by atoms with Crippen LogP contribution in [0.25, 0.3) is 11.3 Å². The molecule has 0 aliphatic rings. The zero-order valence-electron chi connectivity index (χ0n) is 11.2. The molecule has 96 valence electrons. The molecule has 3 nitrogen and oxygen atoms in total. The van der Waals surface area contributed by atoms with Crippen molar-refractivity contribution < 1.29 is 0 Å². The van der Waals surface area contributed by atoms with E-state index in [4.69, 9.17) is 0 Å². The van der Waals surface area contributed by atoms with Gasteiger partial charge in [0.1, 0.15) is 0 Å². The van der Waals surface area contributed by atoms with Gasteiger partial charge in [0.2, 0.25) is 0 Å². The third-order valence-electron chi connectivity index (χ3n) is 3.04. The van der Waals surface area contributed by atoms with Gasteiger partial charge in [-0.1, -0.05) is 44.2 Å². The predicted molar refractivity (Wildman–Crippen MR) is 74.7 cm³/mol. The number of aryl methyl sites for hydroxylation is 1. The van der Waals surface area contributed by atoms with Crippen molar-refractivity contribution in [2.75, 3.05) is 0 Å². The summed E-state index contributed by atoms with van der Waals surface area (Å²) in [7, 11) is 0. The quantitative estimate of drug-likeness (QED) is 0.882. The molecule has 0 saturated carbocycles. The van der Waals surface area contributed by atoms with Gasteiger partial charge in [-0.3, -0.25) is 14.6 Å². The summed E-state index contributed by atoms with van der Waals surface area (Å²) in [5, 5.41) is 3.23. The third kappa shape index (κ3) is 2.40. The van der Waals surface area contributed by atoms with Crippen molar-refractivity contribution in [3.05, 3.63) is 46.2 Å². The second-order valence-corrected chi connectivity index (χ2v) is 4.98. The van der Waals surface area contributed by atoms with Gasteiger partial charge in [-0.25, -0.2) is 0 Å². The molecule has 0 amide bonds. The first-order valence-corrected chi connectivity index (χ1v) is 6.50. The van der Waals surface area contributed by atoms with Crippen molar-refractivity contribution in [3.8, 4) is 11.3 Å². The Kier molecular flexibility index (Phi) is 3.70. The Bertz CT molecular complexity index is 564. The van der Waals surface area contributed by atoms with E-state index in [1.165, 1.54) is 0 Å². The van der Waals surface area contributed by atoms with Crippen LogP contribution in [0.15, 0.2) is 35.1 Å². The van der Waals surface area contributed by atoms with Crippen molar-refractivity contribution in [1.82, 2.24) is 9.78 Å². The fourth-order valence-corrected chi connectivity index (χ4v) is 2.19. The number of rotatable bonds is 4. The van der Waals surface area contributed by atoms with E-state index in [1.807, 2.05) is 37.3 Å². The van der Waals surface area contributed by atoms with E-state index >= 15 is 0 Å². The first kappa shape index (κ1) is 12.7. The van der Waals surface area contributed by atoms with Gasteiger partial charge in [-0.2, -0.15) is 0 Å². The highest BCUT2D eigenvalue weighted by atomic mass is 16.1. The summed E-state index contributed by atoms with van der Waals surface area (Å²) in [4.78, 5) is 12.3. The fourth-order valence-electron chi connectivity index (χ4n) is 2.19. The topological polar surface area (TPSA) is 37.8 Å². The van der Waals surface area contributed by atoms with Crippen molar-refractivity contribution in [3.63, 3.8) is 0 Å². The predicted octanol–water partition coefficient (Wildman–Crippen LogP) is 3.06. The molecule has 3 heteroatoms. The highest BCUT2D eigenvalue weighted by Gasteiger charge is 2.15. The van der Waals surface area contributed by atoms with Crippen molar-refractivity contribution >= 4 is 0 Å². The molecule has 0 unspecified atom stereocenters. The molecule has 0 saturated heterocycles. The Morgan fingerprint density at radius 2 is 1.89 bits per heavy atom. The van der Waals surface area contributed by atoms with Gasteiger partial charge in [-0.15, -0.1) is 0 Å². The summed E-state index contributed by atoms with van der Waals surface area (Å²) in [6, 6.07) is 10.1. The van der Waals surface area contributed by atoms with Gasteiger partial charge < -0.3 is 0 Å². The van der Waals surface area contributed by atoms with Gasteiger partial charge in [-0.05, 0) is 24.8 Å². The van der Waals surface area contributed by atoms with Crippen LogP contribution >= 0.6 is 0 Å². The summed E-state index contributed by atoms with van der Waals surface area (Å²) >= 11 is 0. The number of nitrogens with one attached hydrogen (secondary N) is 1. The maximum Gasteiger partial charge on any atom is 0.270 e. The number of aromatic nitrogens is 2. The molecule has 2 aromatic rings. The first-order chi connectivity index (χ1) is 8.63. The second kappa shape index (κ2) is 5.25. The molecule has 0 atom stereocenters. The largest absolute Gasteiger partial charge is 0.295 e. The first-order valence-electron chi connectivity index (χ1n) is 6.50. The van der Waals surface area contributed by atoms with Crippen LogP contribution in [0.4, 0.5) is 0 Å². The number of nitrogens with zero attached hydrogens (tertiary/aromatic N) is 1. The average Bonchev–Trinajstić information content (AvgIpc) is 2.67. The Morgan fingerprint density at radius 1 is 1.22 bits per heavy atom. The number of aromatic amines is 1. The van der Waals surface area contributed by atoms with Gasteiger partial charge in [0, 0.05) is 12.1 Å². The molecule has 18 heavy (non-hydrogen) atoms. The van der Waals surface area contributed by atoms with E-state index in [0.29, 0.717) is 12.5 Å². The fraction of sp³-hybridized carbons (Fsp3) is 0.400. The van der Waals surface area contributed by atoms with E-state index in [-0.39, 0.29) is 5.56 Å². The maximum absolute atomic E-state index is 12.3. The molecule has 0 radical (unpaired) electrons. The zero-order valence-corrected chi connectivity index (χ0v) is 11.2. The Hall–Kier alpha value is -1.77. The minimum Gasteiger partial charge on any atom is -0.295 e. The minimum absolute atomic E-state index is 0.116. The van der Waals surface area contributed by atoms with Crippen LogP contribution in [0, 0.1) is 5.92 Å². The number of H-pyrrole nitrogens is 1. The van der Waals surface area contributed by atoms with Crippen LogP contribution in [-0.4, -0.2) is 9.78 Å². The van der Waals surface area contributed by atoms with E-state index in [9.17, 15) is 4.79 Å². The molecule has 1 aromatic heterocycles.